The van der Waals surface area contributed by atoms with E-state index in [1.54, 1.807) is 0 Å². The Morgan fingerprint density at radius 3 is 1.08 bits per heavy atom. The molecule has 0 atom stereocenters. The van der Waals surface area contributed by atoms with Gasteiger partial charge >= 0.3 is 0 Å². The molecule has 0 fully saturated rings. The van der Waals surface area contributed by atoms with Crippen molar-refractivity contribution in [3.63, 3.8) is 0 Å². The zero-order chi connectivity index (χ0) is 47.8. The van der Waals surface area contributed by atoms with Gasteiger partial charge in [0.25, 0.3) is 0 Å². The van der Waals surface area contributed by atoms with Crippen molar-refractivity contribution in [2.45, 2.75) is 0 Å². The second-order valence-corrected chi connectivity index (χ2v) is 18.2. The number of fused-ring (bicyclic) bond motifs is 15. The number of hydrogen-bond donors (Lipinski definition) is 0. The molecule has 73 heavy (non-hydrogen) atoms. The van der Waals surface area contributed by atoms with Gasteiger partial charge in [0.2, 0.25) is 11.4 Å². The number of H-pyrrole nitrogens is 2. The summed E-state index contributed by atoms with van der Waals surface area (Å²) in [6.07, 6.45) is 5.98. The van der Waals surface area contributed by atoms with Gasteiger partial charge in [-0.2, -0.15) is 0 Å². The van der Waals surface area contributed by atoms with Gasteiger partial charge in [-0.1, -0.05) is 170 Å². The van der Waals surface area contributed by atoms with E-state index < -0.39 is 0 Å². The molecule has 0 spiro atoms. The first kappa shape index (κ1) is 45.2. The van der Waals surface area contributed by atoms with E-state index in [0.717, 1.165) is 11.3 Å². The van der Waals surface area contributed by atoms with Gasteiger partial charge in [-0.25, -0.2) is 9.97 Å². The number of nitrogens with zero attached hydrogens (tertiary/aromatic N) is 1. The minimum Gasteiger partial charge on any atom is -0.304 e. The van der Waals surface area contributed by atoms with Gasteiger partial charge in [-0.3, -0.25) is 0 Å². The molecule has 1 radical (unpaired) electrons. The van der Waals surface area contributed by atoms with Gasteiger partial charge in [0.05, 0.1) is 10.8 Å². The molecule has 0 saturated heterocycles. The number of aromatic nitrogens is 3. The maximum absolute atomic E-state index is 4.62. The summed E-state index contributed by atoms with van der Waals surface area (Å²) in [6.45, 7) is 0. The number of aromatic amines is 2. The van der Waals surface area contributed by atoms with Crippen LogP contribution in [0.25, 0.3) is 131 Å². The summed E-state index contributed by atoms with van der Waals surface area (Å²) in [5.41, 5.74) is 6.78. The monoisotopic (exact) mass is 1110 g/mol. The van der Waals surface area contributed by atoms with E-state index in [4.69, 9.17) is 0 Å². The van der Waals surface area contributed by atoms with Crippen LogP contribution in [0.4, 0.5) is 0 Å². The number of hydrogen-bond acceptors (Lipinski definition) is 1. The van der Waals surface area contributed by atoms with Crippen LogP contribution in [-0.2, 0) is 20.1 Å². The Kier molecular flexibility index (Phi) is 12.2. The molecule has 345 valence electrons. The number of rotatable bonds is 3. The predicted octanol–water partition coefficient (Wildman–Crippen LogP) is 17.3. The van der Waals surface area contributed by atoms with Crippen LogP contribution >= 0.6 is 0 Å². The maximum Gasteiger partial charge on any atom is 0.218 e. The van der Waals surface area contributed by atoms with Crippen molar-refractivity contribution in [1.29, 1.82) is 0 Å². The third kappa shape index (κ3) is 8.33. The molecule has 0 saturated carbocycles. The van der Waals surface area contributed by atoms with Crippen molar-refractivity contribution >= 4 is 97.0 Å². The van der Waals surface area contributed by atoms with E-state index in [-0.39, 0.29) is 20.1 Å². The minimum absolute atomic E-state index is 0. The van der Waals surface area contributed by atoms with Crippen molar-refractivity contribution in [3.8, 4) is 33.8 Å². The topological polar surface area (TPSA) is 41.2 Å². The summed E-state index contributed by atoms with van der Waals surface area (Å²) >= 11 is 0. The average Bonchev–Trinajstić information content (AvgIpc) is 3.47. The molecule has 3 heterocycles. The number of benzene rings is 12. The van der Waals surface area contributed by atoms with Crippen LogP contribution in [0, 0.1) is 6.07 Å². The largest absolute Gasteiger partial charge is 0.304 e. The van der Waals surface area contributed by atoms with Crippen molar-refractivity contribution in [2.75, 3.05) is 0 Å². The van der Waals surface area contributed by atoms with Crippen LogP contribution in [0.5, 0.6) is 0 Å². The van der Waals surface area contributed by atoms with Crippen LogP contribution in [0.1, 0.15) is 0 Å². The Labute approximate surface area is 436 Å². The SMILES string of the molecule is [Ir].[c-]1ccccc1-c1nccc2c1ccc1c3ccccc3ccc21.c1ccc(-c2[nH+]ccc3c2ccc2c4ccccc4ccc32)cc1.c1ccc(-c2[nH+]ccc3c2ccc2c4ccccc4ccc32)cc1. The summed E-state index contributed by atoms with van der Waals surface area (Å²) in [5, 5.41) is 23.0. The normalized spacial score (nSPS) is 11.2. The van der Waals surface area contributed by atoms with E-state index >= 15 is 0 Å². The number of nitrogens with one attached hydrogen (secondary N) is 2. The average molecular weight is 1110 g/mol. The van der Waals surface area contributed by atoms with E-state index in [1.807, 2.05) is 36.8 Å². The molecule has 0 bridgehead atoms. The van der Waals surface area contributed by atoms with Crippen molar-refractivity contribution in [1.82, 2.24) is 4.98 Å². The third-order valence-corrected chi connectivity index (χ3v) is 14.2. The molecule has 0 aliphatic heterocycles. The van der Waals surface area contributed by atoms with E-state index in [1.165, 1.54) is 119 Å². The van der Waals surface area contributed by atoms with E-state index in [2.05, 4.69) is 252 Å². The van der Waals surface area contributed by atoms with Crippen molar-refractivity contribution < 1.29 is 30.1 Å². The molecule has 12 aromatic carbocycles. The Morgan fingerprint density at radius 2 is 0.630 bits per heavy atom. The molecule has 3 aromatic heterocycles. The minimum atomic E-state index is 0. The Balaban J connectivity index is 0.000000111. The smallest absolute Gasteiger partial charge is 0.218 e. The summed E-state index contributed by atoms with van der Waals surface area (Å²) < 4.78 is 0. The first-order chi connectivity index (χ1) is 35.7. The van der Waals surface area contributed by atoms with Gasteiger partial charge in [0.15, 0.2) is 12.4 Å². The zero-order valence-electron chi connectivity index (χ0n) is 39.7. The van der Waals surface area contributed by atoms with Gasteiger partial charge in [-0.15, -0.1) is 35.9 Å². The van der Waals surface area contributed by atoms with Gasteiger partial charge in [0.1, 0.15) is 0 Å². The molecule has 15 rings (SSSR count). The summed E-state index contributed by atoms with van der Waals surface area (Å²) in [7, 11) is 0. The van der Waals surface area contributed by atoms with Crippen LogP contribution in [0.3, 0.4) is 0 Å². The van der Waals surface area contributed by atoms with Crippen LogP contribution < -0.4 is 9.97 Å². The standard InChI is InChI=1S/2C23H15N.C23H14N.Ir/c3*1-2-7-17(8-3-1)23-22-13-12-19-18-9-5-4-6-16(18)10-11-20(19)21(22)14-15-24-23;/h2*1-15H;1-7,9-15H;/q;;-1;/p+2. The van der Waals surface area contributed by atoms with Gasteiger partial charge in [0, 0.05) is 60.3 Å². The maximum atomic E-state index is 4.62. The Morgan fingerprint density at radius 1 is 0.274 bits per heavy atom. The summed E-state index contributed by atoms with van der Waals surface area (Å²) in [6, 6.07) is 91.2. The second-order valence-electron chi connectivity index (χ2n) is 18.2. The molecule has 2 N–H and O–H groups in total. The summed E-state index contributed by atoms with van der Waals surface area (Å²) in [5.74, 6) is 0. The van der Waals surface area contributed by atoms with Gasteiger partial charge < -0.3 is 4.98 Å². The fraction of sp³-hybridized carbons (Fsp3) is 0. The zero-order valence-corrected chi connectivity index (χ0v) is 42.1. The summed E-state index contributed by atoms with van der Waals surface area (Å²) in [4.78, 5) is 11.5. The molecule has 15 aromatic rings. The predicted molar refractivity (Wildman–Crippen MR) is 303 cm³/mol. The quantitative estimate of drug-likeness (QED) is 0.128. The van der Waals surface area contributed by atoms with Crippen LogP contribution in [0.2, 0.25) is 0 Å². The molecule has 0 aliphatic carbocycles. The van der Waals surface area contributed by atoms with Crippen LogP contribution in [0.15, 0.2) is 267 Å². The molecule has 4 heteroatoms. The molecule has 0 aliphatic rings. The first-order valence-corrected chi connectivity index (χ1v) is 24.5. The van der Waals surface area contributed by atoms with E-state index in [0.29, 0.717) is 0 Å². The Hall–Kier alpha value is -8.92. The van der Waals surface area contributed by atoms with E-state index in [9.17, 15) is 0 Å². The Bertz CT molecular complexity index is 4040. The van der Waals surface area contributed by atoms with Gasteiger partial charge in [-0.05, 0) is 124 Å². The number of pyridine rings is 3. The fourth-order valence-electron chi connectivity index (χ4n) is 10.8. The third-order valence-electron chi connectivity index (χ3n) is 14.2. The van der Waals surface area contributed by atoms with Crippen molar-refractivity contribution in [3.05, 3.63) is 273 Å². The molecule has 3 nitrogen and oxygen atoms in total. The molecule has 0 unspecified atom stereocenters. The molecular formula is C69H46IrN3+. The fourth-order valence-corrected chi connectivity index (χ4v) is 10.8. The van der Waals surface area contributed by atoms with Crippen LogP contribution in [-0.4, -0.2) is 4.98 Å². The second kappa shape index (κ2) is 19.7. The molecule has 0 amide bonds. The van der Waals surface area contributed by atoms with Crippen molar-refractivity contribution in [2.24, 2.45) is 0 Å². The molecular weight excluding hydrogens is 1060 g/mol. The first-order valence-electron chi connectivity index (χ1n) is 24.5.